The molecule has 0 unspecified atom stereocenters. The minimum atomic E-state index is -0.0427. The topological polar surface area (TPSA) is 32.8 Å². The first kappa shape index (κ1) is 39.5. The van der Waals surface area contributed by atoms with Crippen LogP contribution in [0.15, 0.2) is 179 Å². The number of rotatable bonds is 6. The third-order valence-electron chi connectivity index (χ3n) is 13.1. The lowest BCUT2D eigenvalue weighted by Gasteiger charge is -2.33. The van der Waals surface area contributed by atoms with E-state index in [2.05, 4.69) is 235 Å². The summed E-state index contributed by atoms with van der Waals surface area (Å²) in [6, 6.07) is 61.8. The minimum absolute atomic E-state index is 0.0427. The summed E-state index contributed by atoms with van der Waals surface area (Å²) in [4.78, 5) is 4.82. The number of benzene rings is 9. The highest BCUT2D eigenvalue weighted by molar-refractivity contribution is 6.18. The highest BCUT2D eigenvalue weighted by Gasteiger charge is 2.26. The van der Waals surface area contributed by atoms with Crippen LogP contribution < -0.4 is 9.80 Å². The summed E-state index contributed by atoms with van der Waals surface area (Å²) < 4.78 is 13.4. The van der Waals surface area contributed by atoms with Crippen molar-refractivity contribution in [3.63, 3.8) is 0 Å². The molecule has 0 aliphatic heterocycles. The van der Waals surface area contributed by atoms with Crippen molar-refractivity contribution in [2.24, 2.45) is 0 Å². The molecule has 11 aromatic rings. The first-order valence-corrected chi connectivity index (χ1v) is 22.4. The number of furan rings is 2. The maximum absolute atomic E-state index is 6.68. The molecule has 0 spiro atoms. The van der Waals surface area contributed by atoms with E-state index in [1.165, 1.54) is 33.6 Å². The number of hydrogen-bond acceptors (Lipinski definition) is 4. The Balaban J connectivity index is 1.02. The lowest BCUT2D eigenvalue weighted by molar-refractivity contribution is 0.590. The molecule has 2 heterocycles. The maximum atomic E-state index is 6.68. The Kier molecular flexibility index (Phi) is 9.04. The first-order valence-electron chi connectivity index (χ1n) is 22.4. The molecule has 4 nitrogen and oxygen atoms in total. The van der Waals surface area contributed by atoms with E-state index in [9.17, 15) is 0 Å². The van der Waals surface area contributed by atoms with Gasteiger partial charge in [0.25, 0.3) is 0 Å². The fourth-order valence-corrected chi connectivity index (χ4v) is 9.83. The van der Waals surface area contributed by atoms with Crippen LogP contribution in [0.5, 0.6) is 0 Å². The summed E-state index contributed by atoms with van der Waals surface area (Å²) in [5.41, 5.74) is 15.2. The average Bonchev–Trinajstić information content (AvgIpc) is 3.80. The summed E-state index contributed by atoms with van der Waals surface area (Å²) in [6.45, 7) is 18.1. The molecule has 314 valence electrons. The molecule has 0 bridgehead atoms. The number of para-hydroxylation sites is 4. The van der Waals surface area contributed by atoms with Crippen LogP contribution in [-0.2, 0) is 10.8 Å². The highest BCUT2D eigenvalue weighted by Crippen LogP contribution is 2.46. The van der Waals surface area contributed by atoms with Gasteiger partial charge in [-0.25, -0.2) is 0 Å². The minimum Gasteiger partial charge on any atom is -0.456 e. The van der Waals surface area contributed by atoms with Crippen molar-refractivity contribution < 1.29 is 8.83 Å². The molecule has 0 aliphatic rings. The van der Waals surface area contributed by atoms with E-state index in [1.54, 1.807) is 0 Å². The van der Waals surface area contributed by atoms with Gasteiger partial charge in [-0.3, -0.25) is 0 Å². The summed E-state index contributed by atoms with van der Waals surface area (Å²) in [6.07, 6.45) is 0. The summed E-state index contributed by atoms with van der Waals surface area (Å²) >= 11 is 0. The van der Waals surface area contributed by atoms with Gasteiger partial charge in [0.2, 0.25) is 0 Å². The lowest BCUT2D eigenvalue weighted by Crippen LogP contribution is -2.19. The normalized spacial score (nSPS) is 12.4. The predicted molar refractivity (Wildman–Crippen MR) is 272 cm³/mol. The van der Waals surface area contributed by atoms with Crippen LogP contribution in [0.2, 0.25) is 0 Å². The van der Waals surface area contributed by atoms with Gasteiger partial charge in [0.1, 0.15) is 22.3 Å². The fraction of sp³-hybridized carbons (Fsp3) is 0.167. The second kappa shape index (κ2) is 14.6. The fourth-order valence-electron chi connectivity index (χ4n) is 9.83. The Hall–Kier alpha value is -7.30. The smallest absolute Gasteiger partial charge is 0.139 e. The van der Waals surface area contributed by atoms with Crippen molar-refractivity contribution in [3.05, 3.63) is 192 Å². The van der Waals surface area contributed by atoms with Gasteiger partial charge in [-0.1, -0.05) is 126 Å². The molecule has 64 heavy (non-hydrogen) atoms. The monoisotopic (exact) mass is 832 g/mol. The number of nitrogens with zero attached hydrogens (tertiary/aromatic N) is 2. The Bertz CT molecular complexity index is 3390. The van der Waals surface area contributed by atoms with Crippen LogP contribution >= 0.6 is 0 Å². The average molecular weight is 833 g/mol. The number of aryl methyl sites for hydroxylation is 2. The van der Waals surface area contributed by atoms with Crippen molar-refractivity contribution in [2.45, 2.75) is 66.2 Å². The van der Waals surface area contributed by atoms with Crippen LogP contribution in [0.25, 0.3) is 65.4 Å². The van der Waals surface area contributed by atoms with Crippen LogP contribution in [0.4, 0.5) is 34.1 Å². The molecular weight excluding hydrogens is 781 g/mol. The molecule has 0 fully saturated rings. The Morgan fingerprint density at radius 1 is 0.328 bits per heavy atom. The standard InChI is InChI=1S/C60H52N2O2/c1-37-17-9-13-21-51(37)61(53-23-15-11-19-49(53)59(3,4)5)43-27-25-39-31-45-47-35-48-46-32-40-26-28-44(30-42(40)34-56(46)64-58(48)36-57(47)63-55(45)33-41(39)29-43)62(52-22-14-10-18-38(52)2)54-24-16-12-20-50(54)60(6,7)8/h9-36H,1-8H3. The van der Waals surface area contributed by atoms with Gasteiger partial charge in [-0.15, -0.1) is 0 Å². The molecule has 11 rings (SSSR count). The van der Waals surface area contributed by atoms with E-state index in [4.69, 9.17) is 8.83 Å². The molecule has 0 amide bonds. The predicted octanol–water partition coefficient (Wildman–Crippen LogP) is 17.9. The summed E-state index contributed by atoms with van der Waals surface area (Å²) in [5.74, 6) is 0. The van der Waals surface area contributed by atoms with E-state index >= 15 is 0 Å². The third kappa shape index (κ3) is 6.59. The molecule has 0 atom stereocenters. The summed E-state index contributed by atoms with van der Waals surface area (Å²) in [7, 11) is 0. The van der Waals surface area contributed by atoms with E-state index < -0.39 is 0 Å². The van der Waals surface area contributed by atoms with Gasteiger partial charge < -0.3 is 18.6 Å². The number of fused-ring (bicyclic) bond motifs is 8. The van der Waals surface area contributed by atoms with E-state index in [0.29, 0.717) is 0 Å². The van der Waals surface area contributed by atoms with Crippen LogP contribution in [0, 0.1) is 13.8 Å². The maximum Gasteiger partial charge on any atom is 0.139 e. The number of hydrogen-bond donors (Lipinski definition) is 0. The van der Waals surface area contributed by atoms with Crippen molar-refractivity contribution in [3.8, 4) is 0 Å². The van der Waals surface area contributed by atoms with Gasteiger partial charge in [0.15, 0.2) is 0 Å². The Labute approximate surface area is 375 Å². The Morgan fingerprint density at radius 3 is 1.09 bits per heavy atom. The largest absolute Gasteiger partial charge is 0.456 e. The molecule has 9 aromatic carbocycles. The molecule has 0 radical (unpaired) electrons. The quantitative estimate of drug-likeness (QED) is 0.167. The van der Waals surface area contributed by atoms with Crippen molar-refractivity contribution in [1.82, 2.24) is 0 Å². The number of anilines is 6. The molecule has 4 heteroatoms. The van der Waals surface area contributed by atoms with E-state index in [1.807, 2.05) is 0 Å². The summed E-state index contributed by atoms with van der Waals surface area (Å²) in [5, 5.41) is 8.93. The first-order chi connectivity index (χ1) is 30.8. The second-order valence-electron chi connectivity index (χ2n) is 19.6. The van der Waals surface area contributed by atoms with Gasteiger partial charge in [0.05, 0.1) is 0 Å². The lowest BCUT2D eigenvalue weighted by atomic mass is 9.85. The van der Waals surface area contributed by atoms with Crippen molar-refractivity contribution in [1.29, 1.82) is 0 Å². The van der Waals surface area contributed by atoms with Crippen molar-refractivity contribution >= 4 is 99.5 Å². The highest BCUT2D eigenvalue weighted by atomic mass is 16.3. The third-order valence-corrected chi connectivity index (χ3v) is 13.1. The van der Waals surface area contributed by atoms with Gasteiger partial charge >= 0.3 is 0 Å². The van der Waals surface area contributed by atoms with Crippen LogP contribution in [-0.4, -0.2) is 0 Å². The van der Waals surface area contributed by atoms with E-state index in [-0.39, 0.29) is 10.8 Å². The van der Waals surface area contributed by atoms with Crippen LogP contribution in [0.3, 0.4) is 0 Å². The molecule has 0 saturated heterocycles. The Morgan fingerprint density at radius 2 is 0.688 bits per heavy atom. The van der Waals surface area contributed by atoms with Gasteiger partial charge in [-0.2, -0.15) is 0 Å². The zero-order valence-electron chi connectivity index (χ0n) is 37.9. The SMILES string of the molecule is Cc1ccccc1N(c1ccc2cc3c(cc2c1)oc1cc2oc4cc5cc(N(c6ccccc6C)c6ccccc6C(C)(C)C)ccc5cc4c2cc13)c1ccccc1C(C)(C)C. The molecular formula is C60H52N2O2. The molecule has 0 aliphatic carbocycles. The zero-order valence-corrected chi connectivity index (χ0v) is 37.9. The second-order valence-corrected chi connectivity index (χ2v) is 19.6. The van der Waals surface area contributed by atoms with Crippen molar-refractivity contribution in [2.75, 3.05) is 9.80 Å². The van der Waals surface area contributed by atoms with Gasteiger partial charge in [-0.05, 0) is 147 Å². The molecule has 0 saturated carbocycles. The molecule has 0 N–H and O–H groups in total. The van der Waals surface area contributed by atoms with Gasteiger partial charge in [0, 0.05) is 61.7 Å². The zero-order chi connectivity index (χ0) is 44.1. The van der Waals surface area contributed by atoms with Crippen LogP contribution in [0.1, 0.15) is 63.8 Å². The molecule has 2 aromatic heterocycles. The van der Waals surface area contributed by atoms with E-state index in [0.717, 1.165) is 88.2 Å².